The van der Waals surface area contributed by atoms with Gasteiger partial charge in [-0.15, -0.1) is 0 Å². The molecule has 0 amide bonds. The lowest BCUT2D eigenvalue weighted by molar-refractivity contribution is 0.0974. The fourth-order valence-corrected chi connectivity index (χ4v) is 4.46. The maximum absolute atomic E-state index is 13.4. The van der Waals surface area contributed by atoms with Gasteiger partial charge in [0.25, 0.3) is 6.43 Å². The Bertz CT molecular complexity index is 605. The van der Waals surface area contributed by atoms with Gasteiger partial charge in [-0.05, 0) is 49.8 Å². The van der Waals surface area contributed by atoms with Gasteiger partial charge in [-0.25, -0.2) is 8.78 Å². The minimum Gasteiger partial charge on any atom is -0.493 e. The van der Waals surface area contributed by atoms with Crippen molar-refractivity contribution in [3.63, 3.8) is 0 Å². The van der Waals surface area contributed by atoms with Crippen molar-refractivity contribution in [1.82, 2.24) is 0 Å². The minimum absolute atomic E-state index is 0.0304. The summed E-state index contributed by atoms with van der Waals surface area (Å²) in [6.07, 6.45) is 7.52. The average Bonchev–Trinajstić information content (AvgIpc) is 2.63. The summed E-state index contributed by atoms with van der Waals surface area (Å²) in [6, 6.07) is 3.16. The van der Waals surface area contributed by atoms with Crippen LogP contribution in [0.3, 0.4) is 0 Å². The molecule has 1 saturated carbocycles. The van der Waals surface area contributed by atoms with E-state index in [2.05, 4.69) is 6.92 Å². The number of ketones is 1. The number of alkyl halides is 2. The molecule has 2 nitrogen and oxygen atoms in total. The predicted octanol–water partition coefficient (Wildman–Crippen LogP) is 7.29. The van der Waals surface area contributed by atoms with E-state index in [1.165, 1.54) is 44.6 Å². The molecule has 1 aromatic rings. The summed E-state index contributed by atoms with van der Waals surface area (Å²) in [4.78, 5) is 12.6. The van der Waals surface area contributed by atoms with Crippen LogP contribution in [0.5, 0.6) is 5.75 Å². The number of Topliss-reactive ketones (excluding diaryl/α,β-unsaturated/α-hetero) is 1. The Kier molecular flexibility index (Phi) is 8.72. The summed E-state index contributed by atoms with van der Waals surface area (Å²) >= 11 is 0. The van der Waals surface area contributed by atoms with Gasteiger partial charge in [-0.3, -0.25) is 4.79 Å². The smallest absolute Gasteiger partial charge is 0.267 e. The Balaban J connectivity index is 1.90. The second-order valence-corrected chi connectivity index (χ2v) is 7.87. The van der Waals surface area contributed by atoms with E-state index in [1.807, 2.05) is 0 Å². The Morgan fingerprint density at radius 1 is 1.11 bits per heavy atom. The Hall–Kier alpha value is -1.45. The van der Waals surface area contributed by atoms with Crippen LogP contribution in [0, 0.1) is 18.8 Å². The van der Waals surface area contributed by atoms with Gasteiger partial charge in [0.05, 0.1) is 12.2 Å². The Labute approximate surface area is 162 Å². The zero-order valence-corrected chi connectivity index (χ0v) is 17.0. The molecule has 0 bridgehead atoms. The first kappa shape index (κ1) is 21.8. The highest BCUT2D eigenvalue weighted by molar-refractivity contribution is 5.98. The molecule has 0 heterocycles. The normalized spacial score (nSPS) is 20.1. The van der Waals surface area contributed by atoms with E-state index in [0.29, 0.717) is 24.2 Å². The van der Waals surface area contributed by atoms with E-state index < -0.39 is 6.43 Å². The van der Waals surface area contributed by atoms with Gasteiger partial charge in [-0.2, -0.15) is 0 Å². The molecule has 0 atom stereocenters. The highest BCUT2D eigenvalue weighted by Crippen LogP contribution is 2.36. The Morgan fingerprint density at radius 3 is 2.30 bits per heavy atom. The fraction of sp³-hybridized carbons (Fsp3) is 0.696. The van der Waals surface area contributed by atoms with E-state index in [-0.39, 0.29) is 17.1 Å². The lowest BCUT2D eigenvalue weighted by Gasteiger charge is -2.28. The lowest BCUT2D eigenvalue weighted by atomic mass is 9.78. The average molecular weight is 381 g/mol. The summed E-state index contributed by atoms with van der Waals surface area (Å²) in [5.41, 5.74) is 0.637. The van der Waals surface area contributed by atoms with E-state index in [0.717, 1.165) is 24.7 Å². The first-order valence-electron chi connectivity index (χ1n) is 10.5. The number of benzene rings is 1. The molecule has 0 radical (unpaired) electrons. The highest BCUT2D eigenvalue weighted by atomic mass is 19.3. The Morgan fingerprint density at radius 2 is 1.74 bits per heavy atom. The van der Waals surface area contributed by atoms with Crippen molar-refractivity contribution >= 4 is 5.78 Å². The molecule has 0 saturated heterocycles. The number of carbonyl (C=O) groups excluding carboxylic acids is 1. The molecule has 4 heteroatoms. The molecule has 1 aliphatic rings. The molecule has 2 rings (SSSR count). The summed E-state index contributed by atoms with van der Waals surface area (Å²) < 4.78 is 32.2. The second-order valence-electron chi connectivity index (χ2n) is 7.87. The van der Waals surface area contributed by atoms with Crippen molar-refractivity contribution in [1.29, 1.82) is 0 Å². The van der Waals surface area contributed by atoms with Crippen molar-refractivity contribution in [2.45, 2.75) is 85.0 Å². The predicted molar refractivity (Wildman–Crippen MR) is 106 cm³/mol. The number of rotatable bonds is 10. The van der Waals surface area contributed by atoms with Crippen LogP contribution in [0.2, 0.25) is 0 Å². The molecule has 1 aromatic carbocycles. The van der Waals surface area contributed by atoms with Gasteiger partial charge >= 0.3 is 0 Å². The standard InChI is InChI=1S/C23H34F2O2/c1-4-7-17-10-12-18(13-11-17)8-6-9-20(26)19-14-15-21(27-5-2)22(16(19)3)23(24)25/h14-15,17-18,23H,4-13H2,1-3H3. The minimum atomic E-state index is -2.64. The van der Waals surface area contributed by atoms with Gasteiger partial charge in [0.15, 0.2) is 5.78 Å². The number of hydrogen-bond acceptors (Lipinski definition) is 2. The van der Waals surface area contributed by atoms with Gasteiger partial charge in [0.1, 0.15) is 5.75 Å². The molecule has 1 aliphatic carbocycles. The van der Waals surface area contributed by atoms with Crippen LogP contribution in [0.25, 0.3) is 0 Å². The summed E-state index contributed by atoms with van der Waals surface area (Å²) in [5, 5.41) is 0. The van der Waals surface area contributed by atoms with Crippen molar-refractivity contribution in [3.8, 4) is 5.75 Å². The number of hydrogen-bond donors (Lipinski definition) is 0. The third-order valence-corrected chi connectivity index (χ3v) is 5.97. The number of ether oxygens (including phenoxy) is 1. The van der Waals surface area contributed by atoms with Crippen LogP contribution in [0.15, 0.2) is 12.1 Å². The summed E-state index contributed by atoms with van der Waals surface area (Å²) in [6.45, 7) is 5.94. The zero-order chi connectivity index (χ0) is 19.8. The van der Waals surface area contributed by atoms with Crippen LogP contribution in [-0.2, 0) is 0 Å². The van der Waals surface area contributed by atoms with E-state index in [4.69, 9.17) is 4.74 Å². The van der Waals surface area contributed by atoms with Gasteiger partial charge in [-0.1, -0.05) is 51.9 Å². The fourth-order valence-electron chi connectivity index (χ4n) is 4.46. The molecule has 0 spiro atoms. The van der Waals surface area contributed by atoms with Crippen molar-refractivity contribution < 1.29 is 18.3 Å². The first-order chi connectivity index (χ1) is 13.0. The zero-order valence-electron chi connectivity index (χ0n) is 17.0. The largest absolute Gasteiger partial charge is 0.493 e. The third kappa shape index (κ3) is 6.02. The topological polar surface area (TPSA) is 26.3 Å². The summed E-state index contributed by atoms with van der Waals surface area (Å²) in [7, 11) is 0. The van der Waals surface area contributed by atoms with Crippen molar-refractivity contribution in [2.75, 3.05) is 6.61 Å². The number of carbonyl (C=O) groups is 1. The molecule has 27 heavy (non-hydrogen) atoms. The van der Waals surface area contributed by atoms with Crippen LogP contribution in [-0.4, -0.2) is 12.4 Å². The van der Waals surface area contributed by atoms with Crippen LogP contribution >= 0.6 is 0 Å². The molecule has 0 aliphatic heterocycles. The van der Waals surface area contributed by atoms with Crippen LogP contribution in [0.1, 0.15) is 99.5 Å². The molecular formula is C23H34F2O2. The molecule has 0 unspecified atom stereocenters. The van der Waals surface area contributed by atoms with E-state index >= 15 is 0 Å². The monoisotopic (exact) mass is 380 g/mol. The quantitative estimate of drug-likeness (QED) is 0.398. The van der Waals surface area contributed by atoms with Gasteiger partial charge < -0.3 is 4.74 Å². The maximum atomic E-state index is 13.4. The van der Waals surface area contributed by atoms with E-state index in [9.17, 15) is 13.6 Å². The summed E-state index contributed by atoms with van der Waals surface area (Å²) in [5.74, 6) is 1.78. The molecule has 152 valence electrons. The van der Waals surface area contributed by atoms with Gasteiger partial charge in [0.2, 0.25) is 0 Å². The van der Waals surface area contributed by atoms with Crippen LogP contribution < -0.4 is 4.74 Å². The SMILES string of the molecule is CCCC1CCC(CCCC(=O)c2ccc(OCC)c(C(F)F)c2C)CC1. The first-order valence-corrected chi connectivity index (χ1v) is 10.5. The maximum Gasteiger partial charge on any atom is 0.267 e. The third-order valence-electron chi connectivity index (χ3n) is 5.97. The van der Waals surface area contributed by atoms with Gasteiger partial charge in [0, 0.05) is 12.0 Å². The molecule has 0 N–H and O–H groups in total. The van der Waals surface area contributed by atoms with E-state index in [1.54, 1.807) is 19.9 Å². The van der Waals surface area contributed by atoms with Crippen molar-refractivity contribution in [3.05, 3.63) is 28.8 Å². The highest BCUT2D eigenvalue weighted by Gasteiger charge is 2.23. The number of halogens is 2. The van der Waals surface area contributed by atoms with Crippen LogP contribution in [0.4, 0.5) is 8.78 Å². The second kappa shape index (κ2) is 10.8. The molecular weight excluding hydrogens is 346 g/mol. The van der Waals surface area contributed by atoms with Crippen molar-refractivity contribution in [2.24, 2.45) is 11.8 Å². The molecule has 1 fully saturated rings. The molecule has 0 aromatic heterocycles. The lowest BCUT2D eigenvalue weighted by Crippen LogP contribution is -2.15.